The third kappa shape index (κ3) is 4.89. The molecule has 0 saturated heterocycles. The van der Waals surface area contributed by atoms with E-state index in [4.69, 9.17) is 21.1 Å². The molecule has 5 nitrogen and oxygen atoms in total. The van der Waals surface area contributed by atoms with Crippen LogP contribution in [0.5, 0.6) is 5.75 Å². The first-order valence-electron chi connectivity index (χ1n) is 11.4. The van der Waals surface area contributed by atoms with Crippen molar-refractivity contribution < 1.29 is 24.2 Å². The molecule has 1 aliphatic carbocycles. The number of esters is 2. The standard InChI is InChI=1S/C26H38ClIO5/c1-15(2)26(27,22(31)32-9)24(7,8)23(5,6)14-25(12-17(25)4)21(30)33-13-18-10-16(3)20(29)19(28)11-18/h10-11,15,17,29H,12-14H2,1-9H3. The second kappa shape index (κ2) is 9.56. The Bertz CT molecular complexity index is 902. The summed E-state index contributed by atoms with van der Waals surface area (Å²) in [5.74, 6) is -0.399. The van der Waals surface area contributed by atoms with Crippen LogP contribution in [-0.2, 0) is 25.7 Å². The number of benzene rings is 1. The zero-order chi connectivity index (χ0) is 25.6. The number of hydrogen-bond donors (Lipinski definition) is 1. The van der Waals surface area contributed by atoms with Crippen LogP contribution in [0.25, 0.3) is 0 Å². The smallest absolute Gasteiger partial charge is 0.327 e. The molecular formula is C26H38ClIO5. The van der Waals surface area contributed by atoms with Gasteiger partial charge in [-0.3, -0.25) is 9.59 Å². The highest BCUT2D eigenvalue weighted by Crippen LogP contribution is 2.65. The largest absolute Gasteiger partial charge is 0.507 e. The maximum atomic E-state index is 13.3. The summed E-state index contributed by atoms with van der Waals surface area (Å²) in [6.07, 6.45) is 1.30. The molecule has 0 radical (unpaired) electrons. The van der Waals surface area contributed by atoms with Crippen LogP contribution in [-0.4, -0.2) is 29.0 Å². The van der Waals surface area contributed by atoms with E-state index in [9.17, 15) is 14.7 Å². The Kier molecular flexibility index (Phi) is 8.17. The molecule has 0 heterocycles. The molecule has 0 bridgehead atoms. The molecule has 1 aliphatic rings. The number of phenols is 1. The summed E-state index contributed by atoms with van der Waals surface area (Å²) in [7, 11) is 1.36. The van der Waals surface area contributed by atoms with Crippen LogP contribution in [0.3, 0.4) is 0 Å². The summed E-state index contributed by atoms with van der Waals surface area (Å²) in [5, 5.41) is 9.99. The number of aromatic hydroxyl groups is 1. The van der Waals surface area contributed by atoms with E-state index in [2.05, 4.69) is 43.4 Å². The van der Waals surface area contributed by atoms with Crippen molar-refractivity contribution in [3.8, 4) is 5.75 Å². The molecule has 1 N–H and O–H groups in total. The Balaban J connectivity index is 2.27. The van der Waals surface area contributed by atoms with Gasteiger partial charge < -0.3 is 14.6 Å². The van der Waals surface area contributed by atoms with Crippen LogP contribution < -0.4 is 0 Å². The molecule has 0 spiro atoms. The van der Waals surface area contributed by atoms with Gasteiger partial charge in [0.15, 0.2) is 0 Å². The molecule has 0 aliphatic heterocycles. The number of phenolic OH excluding ortho intramolecular Hbond substituents is 1. The lowest BCUT2D eigenvalue weighted by Crippen LogP contribution is -2.58. The van der Waals surface area contributed by atoms with Crippen molar-refractivity contribution in [2.75, 3.05) is 7.11 Å². The minimum Gasteiger partial charge on any atom is -0.507 e. The highest BCUT2D eigenvalue weighted by Gasteiger charge is 2.66. The second-order valence-electron chi connectivity index (χ2n) is 11.1. The SMILES string of the molecule is COC(=O)C(Cl)(C(C)C)C(C)(C)C(C)(C)CC1(C(=O)OCc2cc(C)c(O)c(I)c2)CC1C. The predicted octanol–water partition coefficient (Wildman–Crippen LogP) is 6.62. The molecule has 0 amide bonds. The van der Waals surface area contributed by atoms with Gasteiger partial charge in [-0.25, -0.2) is 0 Å². The van der Waals surface area contributed by atoms with Gasteiger partial charge >= 0.3 is 11.9 Å². The molecule has 1 saturated carbocycles. The van der Waals surface area contributed by atoms with E-state index in [0.29, 0.717) is 6.42 Å². The molecule has 33 heavy (non-hydrogen) atoms. The highest BCUT2D eigenvalue weighted by atomic mass is 127. The van der Waals surface area contributed by atoms with Crippen molar-refractivity contribution in [1.29, 1.82) is 0 Å². The minimum absolute atomic E-state index is 0.155. The minimum atomic E-state index is -1.24. The molecule has 0 aromatic heterocycles. The maximum absolute atomic E-state index is 13.3. The van der Waals surface area contributed by atoms with E-state index in [0.717, 1.165) is 21.1 Å². The van der Waals surface area contributed by atoms with Gasteiger partial charge in [-0.15, -0.1) is 11.6 Å². The van der Waals surface area contributed by atoms with Crippen LogP contribution in [0, 0.1) is 38.6 Å². The van der Waals surface area contributed by atoms with Crippen LogP contribution >= 0.6 is 34.2 Å². The summed E-state index contributed by atoms with van der Waals surface area (Å²) in [5.41, 5.74) is -0.161. The number of carbonyl (C=O) groups excluding carboxylic acids is 2. The first kappa shape index (κ1) is 28.2. The Morgan fingerprint density at radius 3 is 2.24 bits per heavy atom. The number of methoxy groups -OCH3 is 1. The van der Waals surface area contributed by atoms with E-state index < -0.39 is 27.1 Å². The van der Waals surface area contributed by atoms with Gasteiger partial charge in [0.25, 0.3) is 0 Å². The van der Waals surface area contributed by atoms with Crippen molar-refractivity contribution in [1.82, 2.24) is 0 Å². The monoisotopic (exact) mass is 592 g/mol. The summed E-state index contributed by atoms with van der Waals surface area (Å²) in [4.78, 5) is 24.9. The second-order valence-corrected chi connectivity index (χ2v) is 12.9. The van der Waals surface area contributed by atoms with E-state index in [1.807, 2.05) is 46.8 Å². The quantitative estimate of drug-likeness (QED) is 0.198. The average Bonchev–Trinajstić information content (AvgIpc) is 3.37. The fraction of sp³-hybridized carbons (Fsp3) is 0.692. The third-order valence-electron chi connectivity index (χ3n) is 8.18. The van der Waals surface area contributed by atoms with Crippen LogP contribution in [0.4, 0.5) is 0 Å². The average molecular weight is 593 g/mol. The molecule has 3 unspecified atom stereocenters. The normalized spacial score (nSPS) is 22.6. The number of hydrogen-bond acceptors (Lipinski definition) is 5. The molecule has 1 aromatic carbocycles. The lowest BCUT2D eigenvalue weighted by molar-refractivity contribution is -0.158. The lowest BCUT2D eigenvalue weighted by atomic mass is 9.55. The van der Waals surface area contributed by atoms with E-state index in [-0.39, 0.29) is 30.2 Å². The lowest BCUT2D eigenvalue weighted by Gasteiger charge is -2.53. The van der Waals surface area contributed by atoms with Gasteiger partial charge in [0.05, 0.1) is 16.1 Å². The number of rotatable bonds is 9. The molecule has 1 fully saturated rings. The maximum Gasteiger partial charge on any atom is 0.327 e. The van der Waals surface area contributed by atoms with Gasteiger partial charge in [-0.1, -0.05) is 48.5 Å². The highest BCUT2D eigenvalue weighted by molar-refractivity contribution is 14.1. The van der Waals surface area contributed by atoms with E-state index in [1.54, 1.807) is 0 Å². The summed E-state index contributed by atoms with van der Waals surface area (Å²) in [6, 6.07) is 3.66. The van der Waals surface area contributed by atoms with Crippen molar-refractivity contribution in [2.45, 2.75) is 79.7 Å². The fourth-order valence-electron chi connectivity index (χ4n) is 5.14. The number of aryl methyl sites for hydroxylation is 1. The molecule has 2 rings (SSSR count). The van der Waals surface area contributed by atoms with Gasteiger partial charge in [-0.05, 0) is 82.9 Å². The van der Waals surface area contributed by atoms with Gasteiger partial charge in [-0.2, -0.15) is 0 Å². The summed E-state index contributed by atoms with van der Waals surface area (Å²) >= 11 is 9.11. The summed E-state index contributed by atoms with van der Waals surface area (Å²) in [6.45, 7) is 16.0. The number of carbonyl (C=O) groups is 2. The van der Waals surface area contributed by atoms with Crippen molar-refractivity contribution >= 4 is 46.1 Å². The zero-order valence-electron chi connectivity index (χ0n) is 21.3. The van der Waals surface area contributed by atoms with Crippen LogP contribution in [0.15, 0.2) is 12.1 Å². The molecule has 3 atom stereocenters. The molecular weight excluding hydrogens is 555 g/mol. The van der Waals surface area contributed by atoms with Crippen molar-refractivity contribution in [2.24, 2.45) is 28.1 Å². The molecule has 1 aromatic rings. The predicted molar refractivity (Wildman–Crippen MR) is 139 cm³/mol. The molecule has 186 valence electrons. The Morgan fingerprint density at radius 1 is 1.27 bits per heavy atom. The Hall–Kier alpha value is -1.02. The van der Waals surface area contributed by atoms with Gasteiger partial charge in [0, 0.05) is 5.41 Å². The number of halogens is 2. The van der Waals surface area contributed by atoms with Gasteiger partial charge in [0.1, 0.15) is 17.2 Å². The third-order valence-corrected chi connectivity index (χ3v) is 10.1. The first-order chi connectivity index (χ1) is 15.0. The number of alkyl halides is 1. The summed E-state index contributed by atoms with van der Waals surface area (Å²) < 4.78 is 11.6. The van der Waals surface area contributed by atoms with Crippen LogP contribution in [0.2, 0.25) is 0 Å². The van der Waals surface area contributed by atoms with Crippen LogP contribution in [0.1, 0.15) is 72.4 Å². The first-order valence-corrected chi connectivity index (χ1v) is 12.9. The topological polar surface area (TPSA) is 72.8 Å². The fourth-order valence-corrected chi connectivity index (χ4v) is 6.30. The zero-order valence-corrected chi connectivity index (χ0v) is 24.2. The number of ether oxygens (including phenoxy) is 2. The Morgan fingerprint density at radius 2 is 1.82 bits per heavy atom. The Labute approximate surface area is 217 Å². The van der Waals surface area contributed by atoms with Crippen molar-refractivity contribution in [3.63, 3.8) is 0 Å². The molecule has 7 heteroatoms. The van der Waals surface area contributed by atoms with E-state index in [1.165, 1.54) is 7.11 Å². The van der Waals surface area contributed by atoms with Gasteiger partial charge in [0.2, 0.25) is 0 Å². The van der Waals surface area contributed by atoms with E-state index >= 15 is 0 Å². The van der Waals surface area contributed by atoms with Crippen molar-refractivity contribution in [3.05, 3.63) is 26.8 Å².